The highest BCUT2D eigenvalue weighted by Crippen LogP contribution is 2.63. The molecule has 3 saturated carbocycles. The van der Waals surface area contributed by atoms with E-state index >= 15 is 0 Å². The third-order valence-electron chi connectivity index (χ3n) is 6.91. The van der Waals surface area contributed by atoms with Gasteiger partial charge in [-0.15, -0.1) is 0 Å². The molecule has 2 bridgehead atoms. The van der Waals surface area contributed by atoms with Gasteiger partial charge >= 0.3 is 11.9 Å². The van der Waals surface area contributed by atoms with E-state index < -0.39 is 0 Å². The molecule has 0 aromatic carbocycles. The minimum Gasteiger partial charge on any atom is -0.462 e. The maximum atomic E-state index is 12.8. The molecule has 4 nitrogen and oxygen atoms in total. The van der Waals surface area contributed by atoms with Crippen molar-refractivity contribution < 1.29 is 19.1 Å². The van der Waals surface area contributed by atoms with Crippen LogP contribution in [-0.4, -0.2) is 24.1 Å². The number of hydrogen-bond donors (Lipinski definition) is 0. The lowest BCUT2D eigenvalue weighted by atomic mass is 9.69. The van der Waals surface area contributed by atoms with Gasteiger partial charge in [-0.25, -0.2) is 0 Å². The quantitative estimate of drug-likeness (QED) is 0.689. The van der Waals surface area contributed by atoms with Gasteiger partial charge in [-0.3, -0.25) is 9.59 Å². The Morgan fingerprint density at radius 1 is 0.833 bits per heavy atom. The van der Waals surface area contributed by atoms with Gasteiger partial charge in [-0.05, 0) is 69.6 Å². The molecule has 0 aliphatic heterocycles. The first-order chi connectivity index (χ1) is 11.5. The number of ether oxygens (including phenoxy) is 2. The molecule has 24 heavy (non-hydrogen) atoms. The molecule has 0 spiro atoms. The molecule has 0 aromatic heterocycles. The van der Waals surface area contributed by atoms with Crippen LogP contribution in [0.15, 0.2) is 0 Å². The molecular formula is C20H32O4. The van der Waals surface area contributed by atoms with Gasteiger partial charge in [0.25, 0.3) is 0 Å². The van der Waals surface area contributed by atoms with Crippen LogP contribution in [0.2, 0.25) is 0 Å². The molecule has 0 saturated heterocycles. The highest BCUT2D eigenvalue weighted by atomic mass is 16.6. The highest BCUT2D eigenvalue weighted by molar-refractivity contribution is 5.84. The molecule has 3 aliphatic carbocycles. The largest absolute Gasteiger partial charge is 0.462 e. The van der Waals surface area contributed by atoms with E-state index in [0.717, 1.165) is 19.3 Å². The first-order valence-electron chi connectivity index (χ1n) is 9.88. The van der Waals surface area contributed by atoms with Gasteiger partial charge in [0.2, 0.25) is 0 Å². The molecule has 8 atom stereocenters. The topological polar surface area (TPSA) is 52.6 Å². The van der Waals surface area contributed by atoms with E-state index in [0.29, 0.717) is 23.7 Å². The summed E-state index contributed by atoms with van der Waals surface area (Å²) in [7, 11) is 0. The summed E-state index contributed by atoms with van der Waals surface area (Å²) in [5.41, 5.74) is 0. The van der Waals surface area contributed by atoms with Crippen molar-refractivity contribution in [3.63, 3.8) is 0 Å². The zero-order valence-electron chi connectivity index (χ0n) is 15.5. The van der Waals surface area contributed by atoms with Crippen molar-refractivity contribution in [2.75, 3.05) is 0 Å². The van der Waals surface area contributed by atoms with Crippen LogP contribution in [0.5, 0.6) is 0 Å². The van der Waals surface area contributed by atoms with Crippen molar-refractivity contribution in [2.24, 2.45) is 35.5 Å². The number of carbonyl (C=O) groups excluding carboxylic acids is 2. The minimum atomic E-state index is -0.278. The zero-order chi connectivity index (χ0) is 17.4. The standard InChI is InChI=1S/C20H32O4/c1-5-11(3)23-19(21)17-15-10-16(14-9-7-8-13(14)15)18(17)20(22)24-12(4)6-2/h11-18H,5-10H2,1-4H3. The fraction of sp³-hybridized carbons (Fsp3) is 0.900. The van der Waals surface area contributed by atoms with Crippen LogP contribution in [0.25, 0.3) is 0 Å². The van der Waals surface area contributed by atoms with Crippen LogP contribution >= 0.6 is 0 Å². The van der Waals surface area contributed by atoms with Crippen molar-refractivity contribution in [3.05, 3.63) is 0 Å². The number of fused-ring (bicyclic) bond motifs is 5. The Balaban J connectivity index is 1.80. The second-order valence-electron chi connectivity index (χ2n) is 8.19. The van der Waals surface area contributed by atoms with Crippen molar-refractivity contribution in [1.82, 2.24) is 0 Å². The first-order valence-corrected chi connectivity index (χ1v) is 9.88. The maximum absolute atomic E-state index is 12.8. The highest BCUT2D eigenvalue weighted by Gasteiger charge is 2.64. The van der Waals surface area contributed by atoms with E-state index in [9.17, 15) is 9.59 Å². The van der Waals surface area contributed by atoms with Crippen molar-refractivity contribution >= 4 is 11.9 Å². The number of rotatable bonds is 6. The average molecular weight is 336 g/mol. The summed E-state index contributed by atoms with van der Waals surface area (Å²) in [6.45, 7) is 7.88. The predicted octanol–water partition coefficient (Wildman–Crippen LogP) is 3.97. The molecule has 3 rings (SSSR count). The third-order valence-corrected chi connectivity index (χ3v) is 6.91. The molecule has 0 heterocycles. The van der Waals surface area contributed by atoms with Crippen LogP contribution in [0.1, 0.15) is 66.2 Å². The van der Waals surface area contributed by atoms with Gasteiger partial charge in [0.05, 0.1) is 24.0 Å². The van der Waals surface area contributed by atoms with E-state index in [-0.39, 0.29) is 36.0 Å². The molecule has 0 radical (unpaired) electrons. The minimum absolute atomic E-state index is 0.0813. The Morgan fingerprint density at radius 3 is 1.62 bits per heavy atom. The van der Waals surface area contributed by atoms with E-state index in [1.165, 1.54) is 19.3 Å². The molecule has 0 N–H and O–H groups in total. The summed E-state index contributed by atoms with van der Waals surface area (Å²) in [6.07, 6.45) is 6.13. The summed E-state index contributed by atoms with van der Waals surface area (Å²) >= 11 is 0. The van der Waals surface area contributed by atoms with Crippen molar-refractivity contribution in [2.45, 2.75) is 78.4 Å². The molecule has 3 fully saturated rings. The van der Waals surface area contributed by atoms with Crippen LogP contribution in [0, 0.1) is 35.5 Å². The SMILES string of the molecule is CCC(C)OC(=O)C1C2CC(C3CCCC32)C1C(=O)OC(C)CC. The smallest absolute Gasteiger partial charge is 0.310 e. The summed E-state index contributed by atoms with van der Waals surface area (Å²) in [4.78, 5) is 25.7. The van der Waals surface area contributed by atoms with Crippen LogP contribution in [-0.2, 0) is 19.1 Å². The molecule has 4 heteroatoms. The molecule has 0 aromatic rings. The van der Waals surface area contributed by atoms with Crippen LogP contribution < -0.4 is 0 Å². The van der Waals surface area contributed by atoms with Gasteiger partial charge < -0.3 is 9.47 Å². The normalized spacial score (nSPS) is 39.3. The summed E-state index contributed by atoms with van der Waals surface area (Å²) in [5, 5.41) is 0. The third kappa shape index (κ3) is 2.97. The fourth-order valence-electron chi connectivity index (χ4n) is 5.47. The van der Waals surface area contributed by atoms with Gasteiger partial charge in [0.1, 0.15) is 0 Å². The van der Waals surface area contributed by atoms with Gasteiger partial charge in [-0.1, -0.05) is 20.3 Å². The molecular weight excluding hydrogens is 304 g/mol. The summed E-state index contributed by atoms with van der Waals surface area (Å²) in [5.74, 6) is 1.03. The maximum Gasteiger partial charge on any atom is 0.310 e. The molecule has 3 aliphatic rings. The molecule has 8 unspecified atom stereocenters. The Hall–Kier alpha value is -1.06. The Labute approximate surface area is 145 Å². The first kappa shape index (κ1) is 17.8. The number of esters is 2. The monoisotopic (exact) mass is 336 g/mol. The van der Waals surface area contributed by atoms with Crippen LogP contribution in [0.3, 0.4) is 0 Å². The van der Waals surface area contributed by atoms with E-state index in [4.69, 9.17) is 9.47 Å². The van der Waals surface area contributed by atoms with Crippen LogP contribution in [0.4, 0.5) is 0 Å². The Bertz CT molecular complexity index is 446. The van der Waals surface area contributed by atoms with E-state index in [1.54, 1.807) is 0 Å². The average Bonchev–Trinajstić information content (AvgIpc) is 3.24. The summed E-state index contributed by atoms with van der Waals surface area (Å²) < 4.78 is 11.3. The lowest BCUT2D eigenvalue weighted by molar-refractivity contribution is -0.171. The summed E-state index contributed by atoms with van der Waals surface area (Å²) in [6, 6.07) is 0. The Morgan fingerprint density at radius 2 is 1.25 bits per heavy atom. The lowest BCUT2D eigenvalue weighted by Crippen LogP contribution is -2.43. The lowest BCUT2D eigenvalue weighted by Gasteiger charge is -2.36. The van der Waals surface area contributed by atoms with Crippen molar-refractivity contribution in [3.8, 4) is 0 Å². The van der Waals surface area contributed by atoms with Gasteiger partial charge in [-0.2, -0.15) is 0 Å². The second-order valence-corrected chi connectivity index (χ2v) is 8.19. The number of carbonyl (C=O) groups is 2. The van der Waals surface area contributed by atoms with Gasteiger partial charge in [0, 0.05) is 0 Å². The second kappa shape index (κ2) is 7.05. The molecule has 0 amide bonds. The molecule has 136 valence electrons. The van der Waals surface area contributed by atoms with E-state index in [1.807, 2.05) is 27.7 Å². The van der Waals surface area contributed by atoms with E-state index in [2.05, 4.69) is 0 Å². The Kier molecular flexibility index (Phi) is 5.22. The fourth-order valence-corrected chi connectivity index (χ4v) is 5.47. The van der Waals surface area contributed by atoms with Crippen molar-refractivity contribution in [1.29, 1.82) is 0 Å². The van der Waals surface area contributed by atoms with Gasteiger partial charge in [0.15, 0.2) is 0 Å². The number of hydrogen-bond acceptors (Lipinski definition) is 4. The predicted molar refractivity (Wildman–Crippen MR) is 91.1 cm³/mol. The zero-order valence-corrected chi connectivity index (χ0v) is 15.5.